The molecule has 1 saturated carbocycles. The van der Waals surface area contributed by atoms with Crippen molar-refractivity contribution in [2.75, 3.05) is 19.6 Å². The molecule has 2 rings (SSSR count). The first kappa shape index (κ1) is 12.4. The predicted molar refractivity (Wildman–Crippen MR) is 69.4 cm³/mol. The Bertz CT molecular complexity index is 249. The van der Waals surface area contributed by atoms with Gasteiger partial charge in [-0.15, -0.1) is 0 Å². The lowest BCUT2D eigenvalue weighted by molar-refractivity contribution is 0.0713. The Balaban J connectivity index is 1.94. The second-order valence-corrected chi connectivity index (χ2v) is 7.13. The Morgan fingerprint density at radius 2 is 1.94 bits per heavy atom. The minimum Gasteiger partial charge on any atom is -0.327 e. The molecule has 16 heavy (non-hydrogen) atoms. The number of hydrogen-bond acceptors (Lipinski definition) is 2. The number of nitrogens with two attached hydrogens (primary N) is 1. The molecule has 0 aromatic rings. The number of rotatable bonds is 2. The predicted octanol–water partition coefficient (Wildman–Crippen LogP) is 2.63. The first-order chi connectivity index (χ1) is 7.41. The van der Waals surface area contributed by atoms with Crippen LogP contribution in [0.15, 0.2) is 0 Å². The van der Waals surface area contributed by atoms with Crippen LogP contribution in [0.1, 0.15) is 52.9 Å². The molecule has 0 radical (unpaired) electrons. The molecule has 0 amide bonds. The third-order valence-corrected chi connectivity index (χ3v) is 4.72. The van der Waals surface area contributed by atoms with E-state index in [0.29, 0.717) is 16.9 Å². The van der Waals surface area contributed by atoms with Crippen molar-refractivity contribution in [3.8, 4) is 0 Å². The summed E-state index contributed by atoms with van der Waals surface area (Å²) in [7, 11) is 0. The van der Waals surface area contributed by atoms with E-state index >= 15 is 0 Å². The zero-order valence-corrected chi connectivity index (χ0v) is 11.3. The van der Waals surface area contributed by atoms with Gasteiger partial charge in [0.2, 0.25) is 0 Å². The van der Waals surface area contributed by atoms with E-state index in [2.05, 4.69) is 25.7 Å². The van der Waals surface area contributed by atoms with E-state index < -0.39 is 0 Å². The van der Waals surface area contributed by atoms with Gasteiger partial charge in [-0.1, -0.05) is 27.2 Å². The standard InChI is InChI=1S/C14H28N2/c1-13(2)7-5-9-16(10-13)11-14(3)8-4-6-12(14)15/h12H,4-11,15H2,1-3H3. The van der Waals surface area contributed by atoms with Crippen LogP contribution < -0.4 is 5.73 Å². The van der Waals surface area contributed by atoms with Gasteiger partial charge in [0.1, 0.15) is 0 Å². The van der Waals surface area contributed by atoms with Crippen LogP contribution in [-0.2, 0) is 0 Å². The molecule has 2 unspecified atom stereocenters. The van der Waals surface area contributed by atoms with E-state index in [9.17, 15) is 0 Å². The number of nitrogens with zero attached hydrogens (tertiary/aromatic N) is 1. The van der Waals surface area contributed by atoms with Gasteiger partial charge < -0.3 is 10.6 Å². The topological polar surface area (TPSA) is 29.3 Å². The maximum absolute atomic E-state index is 6.27. The highest BCUT2D eigenvalue weighted by Gasteiger charge is 2.39. The van der Waals surface area contributed by atoms with Gasteiger partial charge in [0.05, 0.1) is 0 Å². The van der Waals surface area contributed by atoms with E-state index in [1.54, 1.807) is 0 Å². The lowest BCUT2D eigenvalue weighted by Gasteiger charge is -2.43. The molecule has 2 heteroatoms. The number of likely N-dealkylation sites (tertiary alicyclic amines) is 1. The maximum Gasteiger partial charge on any atom is 0.0105 e. The quantitative estimate of drug-likeness (QED) is 0.781. The van der Waals surface area contributed by atoms with Crippen LogP contribution in [0.2, 0.25) is 0 Å². The van der Waals surface area contributed by atoms with Gasteiger partial charge in [0.25, 0.3) is 0 Å². The fraction of sp³-hybridized carbons (Fsp3) is 1.00. The van der Waals surface area contributed by atoms with Crippen LogP contribution in [0.3, 0.4) is 0 Å². The van der Waals surface area contributed by atoms with E-state index in [4.69, 9.17) is 5.73 Å². The molecule has 1 heterocycles. The molecule has 1 saturated heterocycles. The summed E-state index contributed by atoms with van der Waals surface area (Å²) in [5.41, 5.74) is 7.16. The van der Waals surface area contributed by atoms with Gasteiger partial charge in [-0.05, 0) is 43.1 Å². The molecule has 0 spiro atoms. The Morgan fingerprint density at radius 3 is 2.50 bits per heavy atom. The normalized spacial score (nSPS) is 40.1. The number of hydrogen-bond donors (Lipinski definition) is 1. The molecular formula is C14H28N2. The highest BCUT2D eigenvalue weighted by Crippen LogP contribution is 2.39. The van der Waals surface area contributed by atoms with Gasteiger partial charge in [-0.2, -0.15) is 0 Å². The van der Waals surface area contributed by atoms with Crippen molar-refractivity contribution in [2.45, 2.75) is 58.9 Å². The summed E-state index contributed by atoms with van der Waals surface area (Å²) in [6, 6.07) is 0.428. The Hall–Kier alpha value is -0.0800. The Kier molecular flexibility index (Phi) is 3.33. The van der Waals surface area contributed by atoms with Crippen molar-refractivity contribution < 1.29 is 0 Å². The van der Waals surface area contributed by atoms with Crippen molar-refractivity contribution >= 4 is 0 Å². The summed E-state index contributed by atoms with van der Waals surface area (Å²) in [6.45, 7) is 11.0. The molecule has 0 aromatic heterocycles. The summed E-state index contributed by atoms with van der Waals surface area (Å²) >= 11 is 0. The van der Waals surface area contributed by atoms with Crippen molar-refractivity contribution in [1.29, 1.82) is 0 Å². The van der Waals surface area contributed by atoms with Crippen molar-refractivity contribution in [3.63, 3.8) is 0 Å². The first-order valence-electron chi connectivity index (χ1n) is 6.89. The average molecular weight is 224 g/mol. The molecule has 2 atom stereocenters. The van der Waals surface area contributed by atoms with Gasteiger partial charge in [-0.3, -0.25) is 0 Å². The molecule has 2 N–H and O–H groups in total. The van der Waals surface area contributed by atoms with E-state index in [-0.39, 0.29) is 0 Å². The third-order valence-electron chi connectivity index (χ3n) is 4.72. The minimum atomic E-state index is 0.382. The third kappa shape index (κ3) is 2.60. The van der Waals surface area contributed by atoms with Crippen LogP contribution in [0.5, 0.6) is 0 Å². The smallest absolute Gasteiger partial charge is 0.0105 e. The van der Waals surface area contributed by atoms with Crippen LogP contribution >= 0.6 is 0 Å². The summed E-state index contributed by atoms with van der Waals surface area (Å²) in [5, 5.41) is 0. The monoisotopic (exact) mass is 224 g/mol. The van der Waals surface area contributed by atoms with Gasteiger partial charge in [0, 0.05) is 19.1 Å². The van der Waals surface area contributed by atoms with Crippen LogP contribution in [-0.4, -0.2) is 30.6 Å². The minimum absolute atomic E-state index is 0.382. The Labute approximate surface area is 101 Å². The molecule has 1 aliphatic heterocycles. The largest absolute Gasteiger partial charge is 0.327 e. The van der Waals surface area contributed by atoms with Gasteiger partial charge >= 0.3 is 0 Å². The lowest BCUT2D eigenvalue weighted by atomic mass is 9.80. The van der Waals surface area contributed by atoms with Crippen LogP contribution in [0.4, 0.5) is 0 Å². The zero-order valence-electron chi connectivity index (χ0n) is 11.3. The molecule has 2 aliphatic rings. The molecular weight excluding hydrogens is 196 g/mol. The maximum atomic E-state index is 6.27. The van der Waals surface area contributed by atoms with Crippen LogP contribution in [0.25, 0.3) is 0 Å². The Morgan fingerprint density at radius 1 is 1.19 bits per heavy atom. The molecule has 0 aromatic carbocycles. The second-order valence-electron chi connectivity index (χ2n) is 7.13. The van der Waals surface area contributed by atoms with Gasteiger partial charge in [0.15, 0.2) is 0 Å². The van der Waals surface area contributed by atoms with Crippen molar-refractivity contribution in [3.05, 3.63) is 0 Å². The SMILES string of the molecule is CC1(C)CCCN(CC2(C)CCCC2N)C1. The fourth-order valence-corrected chi connectivity index (χ4v) is 3.65. The van der Waals surface area contributed by atoms with Gasteiger partial charge in [-0.25, -0.2) is 0 Å². The summed E-state index contributed by atoms with van der Waals surface area (Å²) in [4.78, 5) is 2.66. The van der Waals surface area contributed by atoms with E-state index in [1.807, 2.05) is 0 Å². The van der Waals surface area contributed by atoms with Crippen LogP contribution in [0, 0.1) is 10.8 Å². The highest BCUT2D eigenvalue weighted by molar-refractivity contribution is 4.94. The van der Waals surface area contributed by atoms with E-state index in [1.165, 1.54) is 51.7 Å². The highest BCUT2D eigenvalue weighted by atomic mass is 15.1. The van der Waals surface area contributed by atoms with E-state index in [0.717, 1.165) is 0 Å². The van der Waals surface area contributed by atoms with Crippen molar-refractivity contribution in [1.82, 2.24) is 4.90 Å². The number of piperidine rings is 1. The molecule has 1 aliphatic carbocycles. The molecule has 2 nitrogen and oxygen atoms in total. The zero-order chi connectivity index (χ0) is 11.8. The summed E-state index contributed by atoms with van der Waals surface area (Å²) in [5.74, 6) is 0. The molecule has 94 valence electrons. The second kappa shape index (κ2) is 4.30. The first-order valence-corrected chi connectivity index (χ1v) is 6.89. The summed E-state index contributed by atoms with van der Waals surface area (Å²) in [6.07, 6.45) is 6.62. The lowest BCUT2D eigenvalue weighted by Crippen LogP contribution is -2.49. The average Bonchev–Trinajstić information content (AvgIpc) is 2.45. The van der Waals surface area contributed by atoms with Crippen molar-refractivity contribution in [2.24, 2.45) is 16.6 Å². The molecule has 0 bridgehead atoms. The fourth-order valence-electron chi connectivity index (χ4n) is 3.65. The summed E-state index contributed by atoms with van der Waals surface area (Å²) < 4.78 is 0. The molecule has 2 fully saturated rings.